The number of nitro benzene ring substituents is 1. The van der Waals surface area contributed by atoms with Crippen molar-refractivity contribution in [2.75, 3.05) is 5.32 Å². The number of nitrogens with one attached hydrogen (secondary N) is 1. The van der Waals surface area contributed by atoms with Gasteiger partial charge in [-0.05, 0) is 6.07 Å². The number of carboxylic acid groups (broad SMARTS) is 1. The van der Waals surface area contributed by atoms with Crippen LogP contribution in [0.3, 0.4) is 0 Å². The zero-order chi connectivity index (χ0) is 15.6. The Hall–Kier alpha value is -3.04. The lowest BCUT2D eigenvalue weighted by Gasteiger charge is -2.08. The number of hydrogen-bond acceptors (Lipinski definition) is 6. The number of aromatic nitrogens is 3. The highest BCUT2D eigenvalue weighted by atomic mass is 19.1. The molecule has 9 nitrogen and oxygen atoms in total. The van der Waals surface area contributed by atoms with Gasteiger partial charge in [-0.15, -0.1) is 10.2 Å². The van der Waals surface area contributed by atoms with Crippen molar-refractivity contribution in [1.29, 1.82) is 0 Å². The average molecular weight is 295 g/mol. The Bertz CT molecular complexity index is 715. The Morgan fingerprint density at radius 2 is 2.29 bits per heavy atom. The zero-order valence-electron chi connectivity index (χ0n) is 10.8. The van der Waals surface area contributed by atoms with E-state index in [4.69, 9.17) is 5.11 Å². The largest absolute Gasteiger partial charge is 0.478 e. The zero-order valence-corrected chi connectivity index (χ0v) is 10.8. The number of aromatic carboxylic acids is 1. The first kappa shape index (κ1) is 14.4. The van der Waals surface area contributed by atoms with Crippen LogP contribution in [-0.4, -0.2) is 30.8 Å². The highest BCUT2D eigenvalue weighted by molar-refractivity contribution is 5.90. The Labute approximate surface area is 117 Å². The van der Waals surface area contributed by atoms with Gasteiger partial charge in [0.2, 0.25) is 0 Å². The summed E-state index contributed by atoms with van der Waals surface area (Å²) in [4.78, 5) is 21.0. The lowest BCUT2D eigenvalue weighted by molar-refractivity contribution is -0.384. The van der Waals surface area contributed by atoms with Gasteiger partial charge in [-0.25, -0.2) is 9.18 Å². The second-order valence-electron chi connectivity index (χ2n) is 4.12. The third-order valence-electron chi connectivity index (χ3n) is 2.75. The Kier molecular flexibility index (Phi) is 3.78. The summed E-state index contributed by atoms with van der Waals surface area (Å²) in [6.07, 6.45) is 1.44. The summed E-state index contributed by atoms with van der Waals surface area (Å²) in [5.74, 6) is -2.20. The van der Waals surface area contributed by atoms with Crippen molar-refractivity contribution in [3.63, 3.8) is 0 Å². The molecular weight excluding hydrogens is 285 g/mol. The van der Waals surface area contributed by atoms with Gasteiger partial charge < -0.3 is 15.0 Å². The van der Waals surface area contributed by atoms with Gasteiger partial charge in [0.25, 0.3) is 5.69 Å². The molecule has 0 amide bonds. The van der Waals surface area contributed by atoms with E-state index in [1.807, 2.05) is 0 Å². The first-order chi connectivity index (χ1) is 9.90. The summed E-state index contributed by atoms with van der Waals surface area (Å²) in [5, 5.41) is 29.8. The molecule has 2 N–H and O–H groups in total. The number of aryl methyl sites for hydroxylation is 1. The van der Waals surface area contributed by atoms with Gasteiger partial charge in [0.1, 0.15) is 17.8 Å². The fraction of sp³-hybridized carbons (Fsp3) is 0.182. The van der Waals surface area contributed by atoms with Gasteiger partial charge in [-0.1, -0.05) is 0 Å². The molecule has 0 saturated carbocycles. The molecule has 0 atom stereocenters. The Balaban J connectivity index is 2.36. The molecule has 1 heterocycles. The van der Waals surface area contributed by atoms with Crippen molar-refractivity contribution < 1.29 is 19.2 Å². The topological polar surface area (TPSA) is 123 Å². The summed E-state index contributed by atoms with van der Waals surface area (Å²) in [6, 6.07) is 1.45. The number of halogens is 1. The van der Waals surface area contributed by atoms with E-state index in [1.54, 1.807) is 11.6 Å². The summed E-state index contributed by atoms with van der Waals surface area (Å²) in [7, 11) is 1.68. The van der Waals surface area contributed by atoms with Crippen LogP contribution in [0.1, 0.15) is 16.2 Å². The molecule has 0 spiro atoms. The maximum atomic E-state index is 13.5. The quantitative estimate of drug-likeness (QED) is 0.626. The third-order valence-corrected chi connectivity index (χ3v) is 2.75. The monoisotopic (exact) mass is 295 g/mol. The van der Waals surface area contributed by atoms with Crippen LogP contribution in [0.5, 0.6) is 0 Å². The molecule has 0 unspecified atom stereocenters. The maximum Gasteiger partial charge on any atom is 0.338 e. The van der Waals surface area contributed by atoms with Crippen LogP contribution in [0.4, 0.5) is 15.8 Å². The van der Waals surface area contributed by atoms with E-state index >= 15 is 0 Å². The normalized spacial score (nSPS) is 10.4. The standard InChI is InChI=1S/C11H10FN5O4/c1-16-5-14-15-10(16)4-13-8-2-6(11(18)19)7(12)3-9(8)17(20)21/h2-3,5,13H,4H2,1H3,(H,18,19). The molecule has 21 heavy (non-hydrogen) atoms. The fourth-order valence-corrected chi connectivity index (χ4v) is 1.66. The highest BCUT2D eigenvalue weighted by Gasteiger charge is 2.21. The lowest BCUT2D eigenvalue weighted by atomic mass is 10.1. The summed E-state index contributed by atoms with van der Waals surface area (Å²) in [6.45, 7) is 0.0715. The molecule has 2 rings (SSSR count). The lowest BCUT2D eigenvalue weighted by Crippen LogP contribution is -2.09. The van der Waals surface area contributed by atoms with Crippen molar-refractivity contribution >= 4 is 17.3 Å². The molecule has 2 aromatic rings. The van der Waals surface area contributed by atoms with Crippen LogP contribution in [0.15, 0.2) is 18.5 Å². The van der Waals surface area contributed by atoms with Crippen molar-refractivity contribution in [2.24, 2.45) is 7.05 Å². The van der Waals surface area contributed by atoms with Gasteiger partial charge >= 0.3 is 5.97 Å². The van der Waals surface area contributed by atoms with E-state index in [-0.39, 0.29) is 12.2 Å². The average Bonchev–Trinajstić information content (AvgIpc) is 2.82. The number of carbonyl (C=O) groups is 1. The first-order valence-electron chi connectivity index (χ1n) is 5.68. The van der Waals surface area contributed by atoms with Gasteiger partial charge in [0.15, 0.2) is 5.82 Å². The third kappa shape index (κ3) is 2.94. The molecule has 1 aromatic carbocycles. The number of anilines is 1. The van der Waals surface area contributed by atoms with E-state index in [0.29, 0.717) is 11.9 Å². The molecule has 0 aliphatic rings. The molecule has 0 aliphatic carbocycles. The van der Waals surface area contributed by atoms with Gasteiger partial charge in [-0.2, -0.15) is 0 Å². The molecule has 10 heteroatoms. The summed E-state index contributed by atoms with van der Waals surface area (Å²) in [5.41, 5.74) is -1.32. The van der Waals surface area contributed by atoms with Gasteiger partial charge in [-0.3, -0.25) is 10.1 Å². The molecule has 1 aromatic heterocycles. The fourth-order valence-electron chi connectivity index (χ4n) is 1.66. The number of rotatable bonds is 5. The molecule has 0 bridgehead atoms. The minimum absolute atomic E-state index is 0.0715. The minimum atomic E-state index is -1.51. The van der Waals surface area contributed by atoms with Crippen LogP contribution in [0.25, 0.3) is 0 Å². The number of hydrogen-bond donors (Lipinski definition) is 2. The summed E-state index contributed by atoms with van der Waals surface area (Å²) < 4.78 is 15.1. The Morgan fingerprint density at radius 3 is 2.81 bits per heavy atom. The predicted molar refractivity (Wildman–Crippen MR) is 68.3 cm³/mol. The molecule has 0 radical (unpaired) electrons. The minimum Gasteiger partial charge on any atom is -0.478 e. The number of benzene rings is 1. The molecule has 110 valence electrons. The SMILES string of the molecule is Cn1cnnc1CNc1cc(C(=O)O)c(F)cc1[N+](=O)[O-]. The number of nitro groups is 1. The molecule has 0 fully saturated rings. The highest BCUT2D eigenvalue weighted by Crippen LogP contribution is 2.28. The van der Waals surface area contributed by atoms with Crippen molar-refractivity contribution in [2.45, 2.75) is 6.54 Å². The van der Waals surface area contributed by atoms with Crippen LogP contribution < -0.4 is 5.32 Å². The predicted octanol–water partition coefficient (Wildman–Crippen LogP) is 1.17. The first-order valence-corrected chi connectivity index (χ1v) is 5.68. The van der Waals surface area contributed by atoms with E-state index in [0.717, 1.165) is 6.07 Å². The van der Waals surface area contributed by atoms with E-state index in [2.05, 4.69) is 15.5 Å². The van der Waals surface area contributed by atoms with E-state index in [1.165, 1.54) is 6.33 Å². The van der Waals surface area contributed by atoms with Gasteiger partial charge in [0.05, 0.1) is 23.1 Å². The molecule has 0 saturated heterocycles. The van der Waals surface area contributed by atoms with Crippen molar-refractivity contribution in [1.82, 2.24) is 14.8 Å². The number of nitrogens with zero attached hydrogens (tertiary/aromatic N) is 4. The van der Waals surface area contributed by atoms with Crippen LogP contribution in [0.2, 0.25) is 0 Å². The van der Waals surface area contributed by atoms with Crippen LogP contribution >= 0.6 is 0 Å². The van der Waals surface area contributed by atoms with Gasteiger partial charge in [0, 0.05) is 7.05 Å². The Morgan fingerprint density at radius 1 is 1.57 bits per heavy atom. The van der Waals surface area contributed by atoms with Crippen LogP contribution in [0, 0.1) is 15.9 Å². The second-order valence-corrected chi connectivity index (χ2v) is 4.12. The number of carboxylic acids is 1. The second kappa shape index (κ2) is 5.53. The van der Waals surface area contributed by atoms with E-state index in [9.17, 15) is 19.3 Å². The molecule has 0 aliphatic heterocycles. The van der Waals surface area contributed by atoms with Crippen LogP contribution in [-0.2, 0) is 13.6 Å². The smallest absolute Gasteiger partial charge is 0.338 e. The van der Waals surface area contributed by atoms with Crippen molar-refractivity contribution in [3.05, 3.63) is 45.8 Å². The van der Waals surface area contributed by atoms with E-state index < -0.39 is 28.0 Å². The molecular formula is C11H10FN5O4. The van der Waals surface area contributed by atoms with Crippen molar-refractivity contribution in [3.8, 4) is 0 Å². The summed E-state index contributed by atoms with van der Waals surface area (Å²) >= 11 is 0. The maximum absolute atomic E-state index is 13.5.